The van der Waals surface area contributed by atoms with Gasteiger partial charge in [0.2, 0.25) is 10.0 Å². The molecule has 0 radical (unpaired) electrons. The number of hydrogen-bond donors (Lipinski definition) is 1. The first kappa shape index (κ1) is 30.3. The van der Waals surface area contributed by atoms with Gasteiger partial charge in [0.25, 0.3) is 0 Å². The number of sulfonamides is 1. The summed E-state index contributed by atoms with van der Waals surface area (Å²) in [6.07, 6.45) is 0.708. The molecule has 0 bridgehead atoms. The molecule has 2 aromatic carbocycles. The van der Waals surface area contributed by atoms with Crippen molar-refractivity contribution >= 4 is 10.0 Å². The Kier molecular flexibility index (Phi) is 10.5. The van der Waals surface area contributed by atoms with Gasteiger partial charge in [-0.2, -0.15) is 0 Å². The predicted molar refractivity (Wildman–Crippen MR) is 156 cm³/mol. The molecular formula is C30H48N2O5S. The van der Waals surface area contributed by atoms with Crippen molar-refractivity contribution in [2.24, 2.45) is 0 Å². The summed E-state index contributed by atoms with van der Waals surface area (Å²) in [4.78, 5) is 2.36. The average molecular weight is 550 g/mol. The Morgan fingerprint density at radius 3 is 2.13 bits per heavy atom. The van der Waals surface area contributed by atoms with Crippen LogP contribution >= 0.6 is 0 Å². The lowest BCUT2D eigenvalue weighted by molar-refractivity contribution is 0.0610. The van der Waals surface area contributed by atoms with Crippen molar-refractivity contribution in [3.63, 3.8) is 0 Å². The number of nitrogens with one attached hydrogen (secondary N) is 1. The molecule has 0 amide bonds. The molecule has 0 aliphatic carbocycles. The molecule has 2 rings (SSSR count). The van der Waals surface area contributed by atoms with Crippen molar-refractivity contribution in [1.29, 1.82) is 0 Å². The Morgan fingerprint density at radius 2 is 1.58 bits per heavy atom. The van der Waals surface area contributed by atoms with Crippen molar-refractivity contribution in [3.8, 4) is 17.2 Å². The summed E-state index contributed by atoms with van der Waals surface area (Å²) in [6.45, 7) is 19.8. The maximum atomic E-state index is 13.1. The van der Waals surface area contributed by atoms with Gasteiger partial charge in [0.05, 0.1) is 13.2 Å². The second-order valence-corrected chi connectivity index (χ2v) is 11.9. The summed E-state index contributed by atoms with van der Waals surface area (Å²) in [5.74, 6) is 1.78. The molecule has 214 valence electrons. The molecule has 0 heterocycles. The van der Waals surface area contributed by atoms with Gasteiger partial charge in [-0.05, 0) is 109 Å². The Labute approximate surface area is 232 Å². The van der Waals surface area contributed by atoms with E-state index in [0.29, 0.717) is 30.0 Å². The smallest absolute Gasteiger partial charge is 0.244 e. The zero-order chi connectivity index (χ0) is 29.7. The van der Waals surface area contributed by atoms with E-state index in [4.69, 9.17) is 15.6 Å². The fourth-order valence-electron chi connectivity index (χ4n) is 5.09. The van der Waals surface area contributed by atoms with E-state index in [1.165, 1.54) is 7.05 Å². The molecule has 2 unspecified atom stereocenters. The van der Waals surface area contributed by atoms with E-state index in [1.807, 2.05) is 39.0 Å². The van der Waals surface area contributed by atoms with Crippen LogP contribution in [0.3, 0.4) is 0 Å². The molecule has 0 saturated carbocycles. The van der Waals surface area contributed by atoms with Crippen molar-refractivity contribution in [2.45, 2.75) is 91.2 Å². The van der Waals surface area contributed by atoms with Gasteiger partial charge in [0, 0.05) is 12.1 Å². The molecule has 0 spiro atoms. The van der Waals surface area contributed by atoms with Gasteiger partial charge in [-0.25, -0.2) is 13.1 Å². The van der Waals surface area contributed by atoms with E-state index in [2.05, 4.69) is 53.5 Å². The van der Waals surface area contributed by atoms with Gasteiger partial charge in [-0.15, -0.1) is 0 Å². The average Bonchev–Trinajstić information content (AvgIpc) is 2.87. The van der Waals surface area contributed by atoms with Gasteiger partial charge >= 0.3 is 0 Å². The second kappa shape index (κ2) is 13.2. The lowest BCUT2D eigenvalue weighted by atomic mass is 9.77. The largest absolute Gasteiger partial charge is 0.492 e. The number of likely N-dealkylation sites (N-methyl/N-ethyl adjacent to an activating group) is 1. The molecule has 0 aliphatic heterocycles. The van der Waals surface area contributed by atoms with Crippen LogP contribution in [0.1, 0.15) is 76.1 Å². The van der Waals surface area contributed by atoms with Crippen LogP contribution in [-0.4, -0.2) is 58.8 Å². The topological polar surface area (TPSA) is 77.1 Å². The first-order chi connectivity index (χ1) is 18.2. The SMILES string of the molecule is [2H]N(C)S(=O)(=O)c1c(OCC)ccc(C(C)[C@@](C)(CC)N(C)CC(C)Oc2c(OCC)ccc(C)c2C)c1C. The molecule has 0 aliphatic rings. The third-order valence-corrected chi connectivity index (χ3v) is 9.49. The van der Waals surface area contributed by atoms with Gasteiger partial charge in [-0.3, -0.25) is 4.90 Å². The van der Waals surface area contributed by atoms with Crippen molar-refractivity contribution in [1.82, 2.24) is 9.62 Å². The number of rotatable bonds is 14. The Balaban J connectivity index is 2.43. The standard InChI is InChI=1S/C30H48N2O5S/c1-12-30(9,24(8)25-16-18-27(36-14-3)29(23(25)7)38(33,34)31-10)32(11)19-21(5)37-28-22(6)20(4)15-17-26(28)35-13-2/h15-18,21,24,31H,12-14,19H2,1-11H3/t21?,24?,30-/m1/s1/i/hD. The van der Waals surface area contributed by atoms with E-state index in [0.717, 1.165) is 34.6 Å². The van der Waals surface area contributed by atoms with Crippen LogP contribution in [0.2, 0.25) is 1.41 Å². The van der Waals surface area contributed by atoms with E-state index in [1.54, 1.807) is 6.07 Å². The Bertz CT molecular complexity index is 1230. The highest BCUT2D eigenvalue weighted by Crippen LogP contribution is 2.41. The third kappa shape index (κ3) is 6.64. The molecule has 0 aromatic heterocycles. The maximum absolute atomic E-state index is 13.1. The summed E-state index contributed by atoms with van der Waals surface area (Å²) in [5, 5.41) is 0. The zero-order valence-electron chi connectivity index (χ0n) is 26.1. The number of hydrogen-bond acceptors (Lipinski definition) is 6. The van der Waals surface area contributed by atoms with Gasteiger partial charge < -0.3 is 14.2 Å². The Hall–Kier alpha value is -2.29. The van der Waals surface area contributed by atoms with Crippen molar-refractivity contribution in [2.75, 3.05) is 33.9 Å². The zero-order valence-corrected chi connectivity index (χ0v) is 26.0. The molecule has 2 aromatic rings. The lowest BCUT2D eigenvalue weighted by Gasteiger charge is -2.45. The number of ether oxygens (including phenoxy) is 3. The Morgan fingerprint density at radius 1 is 1.00 bits per heavy atom. The highest BCUT2D eigenvalue weighted by Gasteiger charge is 2.37. The number of aryl methyl sites for hydroxylation is 1. The first-order valence-electron chi connectivity index (χ1n) is 14.0. The maximum Gasteiger partial charge on any atom is 0.244 e. The molecule has 38 heavy (non-hydrogen) atoms. The van der Waals surface area contributed by atoms with Gasteiger partial charge in [0.1, 0.15) is 18.2 Å². The summed E-state index contributed by atoms with van der Waals surface area (Å²) in [7, 11) is -0.720. The van der Waals surface area contributed by atoms with Crippen LogP contribution in [0.4, 0.5) is 0 Å². The van der Waals surface area contributed by atoms with Crippen LogP contribution in [0.25, 0.3) is 0 Å². The van der Waals surface area contributed by atoms with E-state index in [9.17, 15) is 8.42 Å². The number of benzene rings is 2. The minimum atomic E-state index is -4.03. The van der Waals surface area contributed by atoms with E-state index >= 15 is 0 Å². The highest BCUT2D eigenvalue weighted by molar-refractivity contribution is 7.89. The fraction of sp³-hybridized carbons (Fsp3) is 0.600. The predicted octanol–water partition coefficient (Wildman–Crippen LogP) is 5.99. The van der Waals surface area contributed by atoms with Gasteiger partial charge in [-0.1, -0.05) is 26.0 Å². The number of nitrogens with zero attached hydrogens (tertiary/aromatic N) is 1. The molecule has 0 fully saturated rings. The third-order valence-electron chi connectivity index (χ3n) is 7.99. The van der Waals surface area contributed by atoms with E-state index in [-0.39, 0.29) is 28.2 Å². The van der Waals surface area contributed by atoms with Crippen LogP contribution in [-0.2, 0) is 10.0 Å². The van der Waals surface area contributed by atoms with Crippen LogP contribution in [0, 0.1) is 20.8 Å². The highest BCUT2D eigenvalue weighted by atomic mass is 32.2. The quantitative estimate of drug-likeness (QED) is 0.312. The lowest BCUT2D eigenvalue weighted by Crippen LogP contribution is -2.50. The van der Waals surface area contributed by atoms with Crippen LogP contribution in [0.15, 0.2) is 29.2 Å². The van der Waals surface area contributed by atoms with Gasteiger partial charge in [0.15, 0.2) is 11.5 Å². The normalized spacial score (nSPS) is 15.7. The van der Waals surface area contributed by atoms with Crippen LogP contribution in [0.5, 0.6) is 17.2 Å². The molecule has 8 heteroatoms. The summed E-state index contributed by atoms with van der Waals surface area (Å²) in [5.41, 5.74) is 3.43. The summed E-state index contributed by atoms with van der Waals surface area (Å²) >= 11 is 0. The summed E-state index contributed by atoms with van der Waals surface area (Å²) in [6, 6.07) is 7.69. The fourth-order valence-corrected chi connectivity index (χ4v) is 6.16. The van der Waals surface area contributed by atoms with Crippen molar-refractivity contribution in [3.05, 3.63) is 46.5 Å². The van der Waals surface area contributed by atoms with Crippen molar-refractivity contribution < 1.29 is 24.0 Å². The molecule has 1 N–H and O–H groups in total. The van der Waals surface area contributed by atoms with E-state index < -0.39 is 10.0 Å². The second-order valence-electron chi connectivity index (χ2n) is 10.2. The summed E-state index contributed by atoms with van der Waals surface area (Å²) < 4.78 is 52.6. The minimum Gasteiger partial charge on any atom is -0.492 e. The molecular weight excluding hydrogens is 500 g/mol. The van der Waals surface area contributed by atoms with Crippen LogP contribution < -0.4 is 18.9 Å². The molecule has 3 atom stereocenters. The first-order valence-corrected chi connectivity index (χ1v) is 15.0. The molecule has 7 nitrogen and oxygen atoms in total. The molecule has 0 saturated heterocycles. The minimum absolute atomic E-state index is 0.0277. The monoisotopic (exact) mass is 549 g/mol.